The molecule has 6 nitrogen and oxygen atoms in total. The van der Waals surface area contributed by atoms with Crippen molar-refractivity contribution >= 4 is 5.84 Å². The molecule has 0 aromatic carbocycles. The van der Waals surface area contributed by atoms with Gasteiger partial charge in [0.05, 0.1) is 0 Å². The van der Waals surface area contributed by atoms with Crippen molar-refractivity contribution in [3.63, 3.8) is 0 Å². The van der Waals surface area contributed by atoms with Crippen LogP contribution in [-0.4, -0.2) is 25.4 Å². The van der Waals surface area contributed by atoms with Gasteiger partial charge in [0.2, 0.25) is 5.95 Å². The Morgan fingerprint density at radius 1 is 1.38 bits per heavy atom. The second-order valence-corrected chi connectivity index (χ2v) is 3.45. The third-order valence-electron chi connectivity index (χ3n) is 2.16. The molecule has 0 saturated heterocycles. The van der Waals surface area contributed by atoms with E-state index in [0.29, 0.717) is 11.6 Å². The summed E-state index contributed by atoms with van der Waals surface area (Å²) in [5, 5.41) is 7.37. The zero-order valence-corrected chi connectivity index (χ0v) is 9.10. The highest BCUT2D eigenvalue weighted by Gasteiger charge is 2.07. The third-order valence-corrected chi connectivity index (χ3v) is 2.16. The predicted molar refractivity (Wildman–Crippen MR) is 59.6 cm³/mol. The Morgan fingerprint density at radius 2 is 2.12 bits per heavy atom. The van der Waals surface area contributed by atoms with Crippen LogP contribution in [0, 0.1) is 19.3 Å². The molecule has 0 bridgehead atoms. The van der Waals surface area contributed by atoms with Crippen molar-refractivity contribution in [1.29, 1.82) is 5.41 Å². The maximum atomic E-state index is 7.37. The Morgan fingerprint density at radius 3 is 2.69 bits per heavy atom. The van der Waals surface area contributed by atoms with Crippen LogP contribution < -0.4 is 5.73 Å². The Bertz CT molecular complexity index is 542. The lowest BCUT2D eigenvalue weighted by atomic mass is 10.3. The van der Waals surface area contributed by atoms with Crippen LogP contribution in [0.25, 0.3) is 5.95 Å². The van der Waals surface area contributed by atoms with Gasteiger partial charge in [-0.2, -0.15) is 0 Å². The lowest BCUT2D eigenvalue weighted by Crippen LogP contribution is -2.16. The van der Waals surface area contributed by atoms with E-state index in [1.165, 1.54) is 0 Å². The van der Waals surface area contributed by atoms with E-state index in [2.05, 4.69) is 15.0 Å². The number of aryl methyl sites for hydroxylation is 2. The Hall–Kier alpha value is -2.24. The first-order valence-electron chi connectivity index (χ1n) is 4.78. The summed E-state index contributed by atoms with van der Waals surface area (Å²) in [6.07, 6.45) is 3.45. The number of hydrogen-bond acceptors (Lipinski definition) is 4. The first-order valence-corrected chi connectivity index (χ1v) is 4.78. The molecule has 0 aliphatic carbocycles. The van der Waals surface area contributed by atoms with Gasteiger partial charge in [-0.25, -0.2) is 15.0 Å². The van der Waals surface area contributed by atoms with Crippen LogP contribution in [0.4, 0.5) is 0 Å². The Kier molecular flexibility index (Phi) is 2.40. The normalized spacial score (nSPS) is 10.4. The lowest BCUT2D eigenvalue weighted by molar-refractivity contribution is 0.867. The van der Waals surface area contributed by atoms with Crippen LogP contribution in [-0.2, 0) is 0 Å². The van der Waals surface area contributed by atoms with Crippen molar-refractivity contribution in [2.75, 3.05) is 0 Å². The van der Waals surface area contributed by atoms with Crippen molar-refractivity contribution in [3.05, 3.63) is 35.7 Å². The second-order valence-electron chi connectivity index (χ2n) is 3.45. The number of aromatic nitrogens is 4. The number of amidine groups is 1. The van der Waals surface area contributed by atoms with Gasteiger partial charge in [0, 0.05) is 18.1 Å². The molecule has 2 aromatic heterocycles. The molecule has 0 radical (unpaired) electrons. The lowest BCUT2D eigenvalue weighted by Gasteiger charge is -2.06. The Labute approximate surface area is 92.7 Å². The average Bonchev–Trinajstić information content (AvgIpc) is 2.63. The molecule has 0 atom stereocenters. The predicted octanol–water partition coefficient (Wildman–Crippen LogP) is 0.563. The zero-order valence-electron chi connectivity index (χ0n) is 9.10. The molecule has 0 aliphatic heterocycles. The van der Waals surface area contributed by atoms with Crippen LogP contribution in [0.2, 0.25) is 0 Å². The van der Waals surface area contributed by atoms with E-state index >= 15 is 0 Å². The first kappa shape index (κ1) is 10.3. The first-order chi connectivity index (χ1) is 7.58. The van der Waals surface area contributed by atoms with Crippen molar-refractivity contribution in [1.82, 2.24) is 19.5 Å². The highest BCUT2D eigenvalue weighted by atomic mass is 15.2. The van der Waals surface area contributed by atoms with Gasteiger partial charge in [-0.15, -0.1) is 0 Å². The molecule has 2 heterocycles. The SMILES string of the molecule is Cc1cc(C(=N)N)nc(-n2ccnc2C)n1. The van der Waals surface area contributed by atoms with Crippen LogP contribution in [0.3, 0.4) is 0 Å². The van der Waals surface area contributed by atoms with E-state index in [4.69, 9.17) is 11.1 Å². The number of hydrogen-bond donors (Lipinski definition) is 2. The maximum absolute atomic E-state index is 7.37. The minimum atomic E-state index is -0.0653. The van der Waals surface area contributed by atoms with Crippen LogP contribution in [0.15, 0.2) is 18.5 Å². The molecule has 0 saturated carbocycles. The van der Waals surface area contributed by atoms with Crippen LogP contribution in [0.5, 0.6) is 0 Å². The van der Waals surface area contributed by atoms with Gasteiger partial charge in [0.1, 0.15) is 17.4 Å². The van der Waals surface area contributed by atoms with Crippen LogP contribution >= 0.6 is 0 Å². The molecular formula is C10H12N6. The molecule has 6 heteroatoms. The molecule has 0 unspecified atom stereocenters. The average molecular weight is 216 g/mol. The molecule has 2 rings (SSSR count). The maximum Gasteiger partial charge on any atom is 0.236 e. The number of rotatable bonds is 2. The minimum Gasteiger partial charge on any atom is -0.382 e. The van der Waals surface area contributed by atoms with Crippen molar-refractivity contribution in [3.8, 4) is 5.95 Å². The number of nitrogens with zero attached hydrogens (tertiary/aromatic N) is 4. The molecule has 0 spiro atoms. The van der Waals surface area contributed by atoms with Crippen molar-refractivity contribution < 1.29 is 0 Å². The number of nitrogens with one attached hydrogen (secondary N) is 1. The van der Waals surface area contributed by atoms with Gasteiger partial charge >= 0.3 is 0 Å². The summed E-state index contributed by atoms with van der Waals surface area (Å²) < 4.78 is 1.75. The van der Waals surface area contributed by atoms with Crippen LogP contribution in [0.1, 0.15) is 17.2 Å². The summed E-state index contributed by atoms with van der Waals surface area (Å²) >= 11 is 0. The largest absolute Gasteiger partial charge is 0.382 e. The van der Waals surface area contributed by atoms with Gasteiger partial charge in [-0.1, -0.05) is 0 Å². The van der Waals surface area contributed by atoms with E-state index in [-0.39, 0.29) is 5.84 Å². The highest BCUT2D eigenvalue weighted by molar-refractivity contribution is 5.93. The third kappa shape index (κ3) is 1.77. The van der Waals surface area contributed by atoms with Gasteiger partial charge < -0.3 is 5.73 Å². The number of imidazole rings is 1. The summed E-state index contributed by atoms with van der Waals surface area (Å²) in [6.45, 7) is 3.70. The molecule has 0 aliphatic rings. The number of nitrogens with two attached hydrogens (primary N) is 1. The van der Waals surface area contributed by atoms with Crippen molar-refractivity contribution in [2.24, 2.45) is 5.73 Å². The summed E-state index contributed by atoms with van der Waals surface area (Å²) in [6, 6.07) is 1.68. The fraction of sp³-hybridized carbons (Fsp3) is 0.200. The van der Waals surface area contributed by atoms with E-state index in [1.807, 2.05) is 13.8 Å². The van der Waals surface area contributed by atoms with E-state index in [0.717, 1.165) is 11.5 Å². The fourth-order valence-electron chi connectivity index (χ4n) is 1.39. The zero-order chi connectivity index (χ0) is 11.7. The number of nitrogen functional groups attached to an aromatic ring is 1. The molecule has 3 N–H and O–H groups in total. The molecule has 2 aromatic rings. The van der Waals surface area contributed by atoms with Gasteiger partial charge in [0.15, 0.2) is 0 Å². The summed E-state index contributed by atoms with van der Waals surface area (Å²) in [7, 11) is 0. The standard InChI is InChI=1S/C10H12N6/c1-6-5-8(9(11)12)15-10(14-6)16-4-3-13-7(16)2/h3-5H,1-2H3,(H3,11,12). The topological polar surface area (TPSA) is 93.5 Å². The highest BCUT2D eigenvalue weighted by Crippen LogP contribution is 2.07. The smallest absolute Gasteiger partial charge is 0.236 e. The molecule has 82 valence electrons. The van der Waals surface area contributed by atoms with Gasteiger partial charge in [0.25, 0.3) is 0 Å². The summed E-state index contributed by atoms with van der Waals surface area (Å²) in [5.41, 5.74) is 6.60. The quantitative estimate of drug-likeness (QED) is 0.566. The molecule has 0 amide bonds. The van der Waals surface area contributed by atoms with Gasteiger partial charge in [-0.3, -0.25) is 9.98 Å². The summed E-state index contributed by atoms with van der Waals surface area (Å²) in [5.74, 6) is 1.21. The molecular weight excluding hydrogens is 204 g/mol. The monoisotopic (exact) mass is 216 g/mol. The molecule has 0 fully saturated rings. The second kappa shape index (κ2) is 3.73. The molecule has 16 heavy (non-hydrogen) atoms. The van der Waals surface area contributed by atoms with E-state index < -0.39 is 0 Å². The minimum absolute atomic E-state index is 0.0653. The van der Waals surface area contributed by atoms with E-state index in [1.54, 1.807) is 23.0 Å². The fourth-order valence-corrected chi connectivity index (χ4v) is 1.39. The van der Waals surface area contributed by atoms with E-state index in [9.17, 15) is 0 Å². The van der Waals surface area contributed by atoms with Gasteiger partial charge in [-0.05, 0) is 19.9 Å². The Balaban J connectivity index is 2.58. The summed E-state index contributed by atoms with van der Waals surface area (Å²) in [4.78, 5) is 12.6. The van der Waals surface area contributed by atoms with Crippen molar-refractivity contribution in [2.45, 2.75) is 13.8 Å².